The molecule has 1 saturated heterocycles. The molecule has 0 atom stereocenters. The summed E-state index contributed by atoms with van der Waals surface area (Å²) in [5, 5.41) is 14.0. The lowest BCUT2D eigenvalue weighted by Crippen LogP contribution is -2.45. The van der Waals surface area contributed by atoms with Crippen molar-refractivity contribution >= 4 is 17.3 Å². The minimum absolute atomic E-state index is 0.0662. The summed E-state index contributed by atoms with van der Waals surface area (Å²) in [7, 11) is 3.64. The highest BCUT2D eigenvalue weighted by molar-refractivity contribution is 6.00. The van der Waals surface area contributed by atoms with E-state index in [2.05, 4.69) is 17.1 Å². The van der Waals surface area contributed by atoms with Crippen molar-refractivity contribution in [2.45, 2.75) is 32.2 Å². The van der Waals surface area contributed by atoms with E-state index in [-0.39, 0.29) is 17.6 Å². The zero-order chi connectivity index (χ0) is 17.7. The molecule has 0 bridgehead atoms. The molecule has 1 aromatic rings. The van der Waals surface area contributed by atoms with Gasteiger partial charge in [-0.15, -0.1) is 0 Å². The Morgan fingerprint density at radius 1 is 1.38 bits per heavy atom. The van der Waals surface area contributed by atoms with Crippen LogP contribution in [0.1, 0.15) is 36.5 Å². The highest BCUT2D eigenvalue weighted by atomic mass is 16.6. The van der Waals surface area contributed by atoms with Crippen LogP contribution in [0.25, 0.3) is 0 Å². The molecule has 1 N–H and O–H groups in total. The van der Waals surface area contributed by atoms with Gasteiger partial charge in [0.05, 0.1) is 10.5 Å². The van der Waals surface area contributed by atoms with Gasteiger partial charge in [-0.25, -0.2) is 0 Å². The molecule has 0 saturated carbocycles. The fraction of sp³-hybridized carbons (Fsp3) is 0.588. The summed E-state index contributed by atoms with van der Waals surface area (Å²) in [5.41, 5.74) is 0.968. The summed E-state index contributed by atoms with van der Waals surface area (Å²) in [6.07, 6.45) is 2.97. The highest BCUT2D eigenvalue weighted by Crippen LogP contribution is 2.24. The number of benzene rings is 1. The van der Waals surface area contributed by atoms with Crippen molar-refractivity contribution in [3.05, 3.63) is 33.9 Å². The van der Waals surface area contributed by atoms with E-state index in [0.29, 0.717) is 11.3 Å². The molecule has 24 heavy (non-hydrogen) atoms. The molecule has 1 amide bonds. The van der Waals surface area contributed by atoms with Crippen molar-refractivity contribution in [2.75, 3.05) is 38.6 Å². The molecule has 0 spiro atoms. The molecule has 0 unspecified atom stereocenters. The first kappa shape index (κ1) is 18.2. The van der Waals surface area contributed by atoms with E-state index in [1.54, 1.807) is 11.0 Å². The second-order valence-electron chi connectivity index (χ2n) is 6.44. The Morgan fingerprint density at radius 2 is 2.04 bits per heavy atom. The van der Waals surface area contributed by atoms with Gasteiger partial charge in [-0.3, -0.25) is 14.9 Å². The predicted molar refractivity (Wildman–Crippen MR) is 94.6 cm³/mol. The van der Waals surface area contributed by atoms with Crippen molar-refractivity contribution in [1.29, 1.82) is 0 Å². The fourth-order valence-corrected chi connectivity index (χ4v) is 3.09. The summed E-state index contributed by atoms with van der Waals surface area (Å²) >= 11 is 0. The number of hydrogen-bond donors (Lipinski definition) is 1. The molecule has 7 heteroatoms. The van der Waals surface area contributed by atoms with Crippen LogP contribution in [0.2, 0.25) is 0 Å². The summed E-state index contributed by atoms with van der Waals surface area (Å²) in [6.45, 7) is 5.22. The number of carbonyl (C=O) groups is 1. The topological polar surface area (TPSA) is 78.7 Å². The minimum Gasteiger partial charge on any atom is -0.377 e. The SMILES string of the molecule is CCCN1CCC(NC(=O)c2cc([N+](=O)[O-])ccc2N(C)C)CC1. The van der Waals surface area contributed by atoms with Crippen LogP contribution in [0.3, 0.4) is 0 Å². The van der Waals surface area contributed by atoms with Crippen LogP contribution in [0.4, 0.5) is 11.4 Å². The van der Waals surface area contributed by atoms with E-state index in [4.69, 9.17) is 0 Å². The molecule has 1 fully saturated rings. The number of nitrogens with one attached hydrogen (secondary N) is 1. The predicted octanol–water partition coefficient (Wildman–Crippen LogP) is 2.27. The van der Waals surface area contributed by atoms with Gasteiger partial charge in [0.1, 0.15) is 0 Å². The number of piperidine rings is 1. The third-order valence-electron chi connectivity index (χ3n) is 4.38. The monoisotopic (exact) mass is 334 g/mol. The molecule has 7 nitrogen and oxygen atoms in total. The normalized spacial score (nSPS) is 16.0. The summed E-state index contributed by atoms with van der Waals surface area (Å²) in [5.74, 6) is -0.239. The molecule has 0 aliphatic carbocycles. The largest absolute Gasteiger partial charge is 0.377 e. The second-order valence-corrected chi connectivity index (χ2v) is 6.44. The smallest absolute Gasteiger partial charge is 0.270 e. The van der Waals surface area contributed by atoms with Crippen molar-refractivity contribution < 1.29 is 9.72 Å². The Hall–Kier alpha value is -2.15. The molecule has 0 radical (unpaired) electrons. The quantitative estimate of drug-likeness (QED) is 0.638. The van der Waals surface area contributed by atoms with Crippen LogP contribution in [0, 0.1) is 10.1 Å². The van der Waals surface area contributed by atoms with Crippen molar-refractivity contribution in [3.8, 4) is 0 Å². The Balaban J connectivity index is 2.09. The lowest BCUT2D eigenvalue weighted by molar-refractivity contribution is -0.384. The van der Waals surface area contributed by atoms with Gasteiger partial charge in [-0.2, -0.15) is 0 Å². The van der Waals surface area contributed by atoms with Crippen LogP contribution < -0.4 is 10.2 Å². The van der Waals surface area contributed by atoms with Gasteiger partial charge >= 0.3 is 0 Å². The summed E-state index contributed by atoms with van der Waals surface area (Å²) in [6, 6.07) is 4.53. The lowest BCUT2D eigenvalue weighted by atomic mass is 10.0. The van der Waals surface area contributed by atoms with E-state index < -0.39 is 4.92 Å². The van der Waals surface area contributed by atoms with E-state index >= 15 is 0 Å². The number of nitro benzene ring substituents is 1. The number of nitro groups is 1. The minimum atomic E-state index is -0.473. The molecular formula is C17H26N4O3. The highest BCUT2D eigenvalue weighted by Gasteiger charge is 2.23. The number of non-ortho nitro benzene ring substituents is 1. The van der Waals surface area contributed by atoms with Crippen molar-refractivity contribution in [3.63, 3.8) is 0 Å². The Labute approximate surface area is 142 Å². The number of likely N-dealkylation sites (tertiary alicyclic amines) is 1. The number of rotatable bonds is 6. The first-order chi connectivity index (χ1) is 11.4. The number of nitrogens with zero attached hydrogens (tertiary/aromatic N) is 3. The van der Waals surface area contributed by atoms with Crippen LogP contribution in [0.5, 0.6) is 0 Å². The summed E-state index contributed by atoms with van der Waals surface area (Å²) in [4.78, 5) is 27.4. The van der Waals surface area contributed by atoms with Crippen LogP contribution in [-0.2, 0) is 0 Å². The molecular weight excluding hydrogens is 308 g/mol. The summed E-state index contributed by atoms with van der Waals surface area (Å²) < 4.78 is 0. The van der Waals surface area contributed by atoms with Gasteiger partial charge < -0.3 is 15.1 Å². The number of amides is 1. The molecule has 1 aliphatic heterocycles. The van der Waals surface area contributed by atoms with Gasteiger partial charge in [0, 0.05) is 51.0 Å². The average molecular weight is 334 g/mol. The Kier molecular flexibility index (Phi) is 6.14. The van der Waals surface area contributed by atoms with Gasteiger partial charge in [0.2, 0.25) is 0 Å². The third-order valence-corrected chi connectivity index (χ3v) is 4.38. The molecule has 132 valence electrons. The Bertz CT molecular complexity index is 595. The van der Waals surface area contributed by atoms with Crippen LogP contribution in [0.15, 0.2) is 18.2 Å². The zero-order valence-electron chi connectivity index (χ0n) is 14.6. The van der Waals surface area contributed by atoms with Gasteiger partial charge in [0.15, 0.2) is 0 Å². The maximum absolute atomic E-state index is 12.6. The molecule has 1 heterocycles. The average Bonchev–Trinajstić information content (AvgIpc) is 2.56. The third kappa shape index (κ3) is 4.44. The molecule has 2 rings (SSSR count). The van der Waals surface area contributed by atoms with Crippen LogP contribution in [-0.4, -0.2) is 55.5 Å². The van der Waals surface area contributed by atoms with E-state index in [0.717, 1.165) is 38.9 Å². The van der Waals surface area contributed by atoms with Crippen LogP contribution >= 0.6 is 0 Å². The standard InChI is InChI=1S/C17H26N4O3/c1-4-9-20-10-7-13(8-11-20)18-17(22)15-12-14(21(23)24)5-6-16(15)19(2)3/h5-6,12-13H,4,7-11H2,1-3H3,(H,18,22). The second kappa shape index (κ2) is 8.10. The fourth-order valence-electron chi connectivity index (χ4n) is 3.09. The Morgan fingerprint density at radius 3 is 2.58 bits per heavy atom. The van der Waals surface area contributed by atoms with E-state index in [9.17, 15) is 14.9 Å². The molecule has 0 aromatic heterocycles. The molecule has 1 aromatic carbocycles. The molecule has 1 aliphatic rings. The first-order valence-corrected chi connectivity index (χ1v) is 8.41. The number of hydrogen-bond acceptors (Lipinski definition) is 5. The van der Waals surface area contributed by atoms with Gasteiger partial charge in [-0.1, -0.05) is 6.92 Å². The van der Waals surface area contributed by atoms with Crippen molar-refractivity contribution in [1.82, 2.24) is 10.2 Å². The lowest BCUT2D eigenvalue weighted by Gasteiger charge is -2.32. The number of anilines is 1. The zero-order valence-corrected chi connectivity index (χ0v) is 14.6. The van der Waals surface area contributed by atoms with E-state index in [1.807, 2.05) is 14.1 Å². The van der Waals surface area contributed by atoms with Gasteiger partial charge in [0.25, 0.3) is 11.6 Å². The van der Waals surface area contributed by atoms with Crippen molar-refractivity contribution in [2.24, 2.45) is 0 Å². The van der Waals surface area contributed by atoms with Gasteiger partial charge in [-0.05, 0) is 31.9 Å². The van der Waals surface area contributed by atoms with E-state index in [1.165, 1.54) is 12.1 Å². The first-order valence-electron chi connectivity index (χ1n) is 8.41. The number of carbonyl (C=O) groups excluding carboxylic acids is 1. The maximum atomic E-state index is 12.6. The maximum Gasteiger partial charge on any atom is 0.270 e.